The molecule has 0 radical (unpaired) electrons. The molecule has 0 atom stereocenters. The number of carbonyl (C=O) groups excluding carboxylic acids is 1. The molecule has 0 saturated heterocycles. The molecule has 1 N–H and O–H groups in total. The molecule has 0 fully saturated rings. The first-order chi connectivity index (χ1) is 14.2. The van der Waals surface area contributed by atoms with Gasteiger partial charge in [-0.2, -0.15) is 0 Å². The highest BCUT2D eigenvalue weighted by Gasteiger charge is 2.06. The fraction of sp³-hybridized carbons (Fsp3) is 0.720. The normalized spacial score (nSPS) is 11.2. The molecule has 0 heterocycles. The van der Waals surface area contributed by atoms with Crippen molar-refractivity contribution < 1.29 is 14.6 Å². The standard InChI is InChI=1S/C25H43NO3/c1-3-5-10-13-23-15-17-24(18-16-23)29-25(28)14-11-8-7-9-12-20-26(21-22-27)19-6-4-2/h15-18,27H,3-14,19-22H2,1-2H3. The van der Waals surface area contributed by atoms with Crippen LogP contribution in [0.1, 0.15) is 90.0 Å². The Labute approximate surface area is 178 Å². The highest BCUT2D eigenvalue weighted by molar-refractivity contribution is 5.72. The van der Waals surface area contributed by atoms with Gasteiger partial charge in [-0.15, -0.1) is 0 Å². The van der Waals surface area contributed by atoms with Crippen molar-refractivity contribution >= 4 is 5.97 Å². The zero-order valence-electron chi connectivity index (χ0n) is 18.8. The molecule has 29 heavy (non-hydrogen) atoms. The van der Waals surface area contributed by atoms with Crippen LogP contribution >= 0.6 is 0 Å². The van der Waals surface area contributed by atoms with Crippen LogP contribution in [0.3, 0.4) is 0 Å². The van der Waals surface area contributed by atoms with E-state index in [-0.39, 0.29) is 12.6 Å². The Balaban J connectivity index is 2.08. The Hall–Kier alpha value is -1.39. The molecule has 0 saturated carbocycles. The molecule has 0 unspecified atom stereocenters. The molecule has 4 heteroatoms. The molecule has 0 aromatic heterocycles. The minimum Gasteiger partial charge on any atom is -0.427 e. The number of rotatable bonds is 18. The lowest BCUT2D eigenvalue weighted by Gasteiger charge is -2.20. The summed E-state index contributed by atoms with van der Waals surface area (Å²) in [6.07, 6.45) is 13.2. The molecule has 0 aliphatic heterocycles. The van der Waals surface area contributed by atoms with Crippen molar-refractivity contribution in [3.63, 3.8) is 0 Å². The van der Waals surface area contributed by atoms with E-state index in [2.05, 4.69) is 30.9 Å². The lowest BCUT2D eigenvalue weighted by Crippen LogP contribution is -2.29. The topological polar surface area (TPSA) is 49.8 Å². The maximum atomic E-state index is 12.0. The average Bonchev–Trinajstić information content (AvgIpc) is 2.72. The van der Waals surface area contributed by atoms with Gasteiger partial charge in [-0.3, -0.25) is 4.79 Å². The van der Waals surface area contributed by atoms with Crippen molar-refractivity contribution in [3.05, 3.63) is 29.8 Å². The van der Waals surface area contributed by atoms with Crippen molar-refractivity contribution in [2.75, 3.05) is 26.2 Å². The van der Waals surface area contributed by atoms with Crippen molar-refractivity contribution in [2.45, 2.75) is 90.9 Å². The molecule has 0 aliphatic rings. The predicted octanol–water partition coefficient (Wildman–Crippen LogP) is 5.76. The molecule has 0 amide bonds. The van der Waals surface area contributed by atoms with Gasteiger partial charge < -0.3 is 14.7 Å². The van der Waals surface area contributed by atoms with E-state index in [4.69, 9.17) is 9.84 Å². The smallest absolute Gasteiger partial charge is 0.311 e. The van der Waals surface area contributed by atoms with Crippen LogP contribution in [0.4, 0.5) is 0 Å². The van der Waals surface area contributed by atoms with Crippen molar-refractivity contribution in [3.8, 4) is 5.75 Å². The van der Waals surface area contributed by atoms with Gasteiger partial charge in [0.2, 0.25) is 0 Å². The Morgan fingerprint density at radius 2 is 1.48 bits per heavy atom. The third-order valence-electron chi connectivity index (χ3n) is 5.32. The molecular formula is C25H43NO3. The van der Waals surface area contributed by atoms with Crippen LogP contribution in [0.2, 0.25) is 0 Å². The lowest BCUT2D eigenvalue weighted by atomic mass is 10.1. The SMILES string of the molecule is CCCCCc1ccc(OC(=O)CCCCCCCN(CCO)CCCC)cc1. The molecule has 1 aromatic rings. The minimum absolute atomic E-state index is 0.127. The van der Waals surface area contributed by atoms with E-state index >= 15 is 0 Å². The van der Waals surface area contributed by atoms with Gasteiger partial charge in [0.05, 0.1) is 6.61 Å². The monoisotopic (exact) mass is 405 g/mol. The maximum Gasteiger partial charge on any atom is 0.311 e. The maximum absolute atomic E-state index is 12.0. The first-order valence-electron chi connectivity index (χ1n) is 11.8. The number of ether oxygens (including phenoxy) is 1. The van der Waals surface area contributed by atoms with E-state index in [0.29, 0.717) is 12.2 Å². The highest BCUT2D eigenvalue weighted by atomic mass is 16.5. The summed E-state index contributed by atoms with van der Waals surface area (Å²) in [4.78, 5) is 14.4. The van der Waals surface area contributed by atoms with Gasteiger partial charge in [0.25, 0.3) is 0 Å². The van der Waals surface area contributed by atoms with Gasteiger partial charge in [-0.25, -0.2) is 0 Å². The van der Waals surface area contributed by atoms with E-state index in [0.717, 1.165) is 45.3 Å². The molecule has 166 valence electrons. The molecule has 0 spiro atoms. The summed E-state index contributed by atoms with van der Waals surface area (Å²) in [5.74, 6) is 0.530. The zero-order chi connectivity index (χ0) is 21.2. The van der Waals surface area contributed by atoms with Crippen LogP contribution in [0, 0.1) is 0 Å². The second kappa shape index (κ2) is 17.5. The quantitative estimate of drug-likeness (QED) is 0.192. The van der Waals surface area contributed by atoms with E-state index in [1.807, 2.05) is 12.1 Å². The third kappa shape index (κ3) is 13.5. The number of aliphatic hydroxyl groups excluding tert-OH is 1. The van der Waals surface area contributed by atoms with Crippen LogP contribution in [-0.2, 0) is 11.2 Å². The largest absolute Gasteiger partial charge is 0.427 e. The van der Waals surface area contributed by atoms with Crippen LogP contribution in [0.15, 0.2) is 24.3 Å². The summed E-state index contributed by atoms with van der Waals surface area (Å²) in [5.41, 5.74) is 1.31. The first-order valence-corrected chi connectivity index (χ1v) is 11.8. The molecule has 1 aromatic carbocycles. The van der Waals surface area contributed by atoms with E-state index in [1.165, 1.54) is 50.5 Å². The van der Waals surface area contributed by atoms with Crippen LogP contribution in [-0.4, -0.2) is 42.2 Å². The fourth-order valence-electron chi connectivity index (χ4n) is 3.48. The van der Waals surface area contributed by atoms with Crippen LogP contribution in [0.5, 0.6) is 5.75 Å². The summed E-state index contributed by atoms with van der Waals surface area (Å²) in [7, 11) is 0. The van der Waals surface area contributed by atoms with Gasteiger partial charge in [-0.05, 0) is 62.9 Å². The molecule has 1 rings (SSSR count). The second-order valence-electron chi connectivity index (χ2n) is 8.01. The number of hydrogen-bond acceptors (Lipinski definition) is 4. The summed E-state index contributed by atoms with van der Waals surface area (Å²) >= 11 is 0. The van der Waals surface area contributed by atoms with Crippen LogP contribution in [0.25, 0.3) is 0 Å². The Morgan fingerprint density at radius 3 is 2.17 bits per heavy atom. The van der Waals surface area contributed by atoms with Crippen molar-refractivity contribution in [2.24, 2.45) is 0 Å². The Morgan fingerprint density at radius 1 is 0.828 bits per heavy atom. The van der Waals surface area contributed by atoms with Crippen LogP contribution < -0.4 is 4.74 Å². The average molecular weight is 406 g/mol. The number of esters is 1. The zero-order valence-corrected chi connectivity index (χ0v) is 18.8. The predicted molar refractivity (Wildman–Crippen MR) is 121 cm³/mol. The third-order valence-corrected chi connectivity index (χ3v) is 5.32. The molecular weight excluding hydrogens is 362 g/mol. The summed E-state index contributed by atoms with van der Waals surface area (Å²) in [6.45, 7) is 7.59. The highest BCUT2D eigenvalue weighted by Crippen LogP contribution is 2.16. The summed E-state index contributed by atoms with van der Waals surface area (Å²) < 4.78 is 5.45. The number of hydrogen-bond donors (Lipinski definition) is 1. The van der Waals surface area contributed by atoms with E-state index in [1.54, 1.807) is 0 Å². The number of aliphatic hydroxyl groups is 1. The van der Waals surface area contributed by atoms with Gasteiger partial charge in [0.1, 0.15) is 5.75 Å². The first kappa shape index (κ1) is 25.6. The van der Waals surface area contributed by atoms with Crippen molar-refractivity contribution in [1.82, 2.24) is 4.90 Å². The van der Waals surface area contributed by atoms with Gasteiger partial charge in [0, 0.05) is 13.0 Å². The molecule has 0 bridgehead atoms. The van der Waals surface area contributed by atoms with E-state index in [9.17, 15) is 4.79 Å². The number of benzene rings is 1. The molecule has 0 aliphatic carbocycles. The molecule has 4 nitrogen and oxygen atoms in total. The number of aryl methyl sites for hydroxylation is 1. The number of unbranched alkanes of at least 4 members (excludes halogenated alkanes) is 7. The lowest BCUT2D eigenvalue weighted by molar-refractivity contribution is -0.134. The Bertz CT molecular complexity index is 515. The van der Waals surface area contributed by atoms with Gasteiger partial charge in [-0.1, -0.05) is 64.5 Å². The van der Waals surface area contributed by atoms with E-state index < -0.39 is 0 Å². The minimum atomic E-state index is -0.127. The summed E-state index contributed by atoms with van der Waals surface area (Å²) in [5, 5.41) is 9.14. The van der Waals surface area contributed by atoms with Gasteiger partial charge >= 0.3 is 5.97 Å². The summed E-state index contributed by atoms with van der Waals surface area (Å²) in [6, 6.07) is 7.96. The second-order valence-corrected chi connectivity index (χ2v) is 8.01. The number of carbonyl (C=O) groups is 1. The fourth-order valence-corrected chi connectivity index (χ4v) is 3.48. The number of nitrogens with zero attached hydrogens (tertiary/aromatic N) is 1. The Kier molecular flexibility index (Phi) is 15.4. The van der Waals surface area contributed by atoms with Gasteiger partial charge in [0.15, 0.2) is 0 Å². The van der Waals surface area contributed by atoms with Crippen molar-refractivity contribution in [1.29, 1.82) is 0 Å².